The number of aromatic nitrogens is 2. The number of thiophene rings is 1. The lowest BCUT2D eigenvalue weighted by Gasteiger charge is -2.24. The largest absolute Gasteiger partial charge is 0.480 e. The second kappa shape index (κ2) is 12.9. The molecule has 4 aromatic rings. The quantitative estimate of drug-likeness (QED) is 0.188. The second-order valence-electron chi connectivity index (χ2n) is 9.83. The number of carbonyl (C=O) groups is 1. The number of hydrogen-bond donors (Lipinski definition) is 2. The van der Waals surface area contributed by atoms with Gasteiger partial charge in [0.15, 0.2) is 0 Å². The molecule has 5 rings (SSSR count). The Labute approximate surface area is 253 Å². The number of nitrogens with two attached hydrogens (primary N) is 1. The lowest BCUT2D eigenvalue weighted by molar-refractivity contribution is -0.198. The molecule has 1 aliphatic rings. The maximum atomic E-state index is 14.5. The molecule has 0 radical (unpaired) electrons. The second-order valence-corrected chi connectivity index (χ2v) is 11.2. The van der Waals surface area contributed by atoms with Crippen LogP contribution in [0.2, 0.25) is 5.02 Å². The van der Waals surface area contributed by atoms with Crippen LogP contribution in [0.3, 0.4) is 0 Å². The molecule has 2 aromatic carbocycles. The van der Waals surface area contributed by atoms with Crippen LogP contribution >= 0.6 is 35.3 Å². The van der Waals surface area contributed by atoms with E-state index in [1.807, 2.05) is 11.5 Å². The molecule has 0 bridgehead atoms. The van der Waals surface area contributed by atoms with Crippen LogP contribution in [0.25, 0.3) is 26.9 Å². The van der Waals surface area contributed by atoms with Crippen molar-refractivity contribution in [3.63, 3.8) is 0 Å². The molecule has 2 heterocycles. The summed E-state index contributed by atoms with van der Waals surface area (Å²) in [4.78, 5) is 19.5. The van der Waals surface area contributed by atoms with Crippen LogP contribution in [0, 0.1) is 11.7 Å². The third kappa shape index (κ3) is 6.86. The van der Waals surface area contributed by atoms with Crippen molar-refractivity contribution in [2.45, 2.75) is 44.0 Å². The van der Waals surface area contributed by atoms with E-state index < -0.39 is 30.1 Å². The molecule has 13 heteroatoms. The van der Waals surface area contributed by atoms with E-state index >= 15 is 0 Å². The lowest BCUT2D eigenvalue weighted by atomic mass is 9.83. The van der Waals surface area contributed by atoms with Gasteiger partial charge in [0, 0.05) is 21.5 Å². The Morgan fingerprint density at radius 1 is 1.17 bits per heavy atom. The maximum absolute atomic E-state index is 14.5. The van der Waals surface area contributed by atoms with E-state index in [2.05, 4.69) is 9.97 Å². The van der Waals surface area contributed by atoms with Crippen LogP contribution < -0.4 is 10.5 Å². The minimum Gasteiger partial charge on any atom is -0.480 e. The third-order valence-corrected chi connectivity index (χ3v) is 8.26. The monoisotopic (exact) mass is 641 g/mol. The Kier molecular flexibility index (Phi) is 9.77. The number of fused-ring (bicyclic) bond motifs is 1. The number of hydrogen-bond acceptors (Lipinski definition) is 6. The van der Waals surface area contributed by atoms with Crippen molar-refractivity contribution in [2.75, 3.05) is 0 Å². The zero-order valence-corrected chi connectivity index (χ0v) is 24.2. The van der Waals surface area contributed by atoms with Crippen molar-refractivity contribution in [1.29, 1.82) is 0 Å². The Bertz CT molecular complexity index is 1610. The topological polar surface area (TPSA) is 98.3 Å². The number of rotatable bonds is 8. The van der Waals surface area contributed by atoms with E-state index in [1.54, 1.807) is 0 Å². The summed E-state index contributed by atoms with van der Waals surface area (Å²) in [6, 6.07) is 8.13. The van der Waals surface area contributed by atoms with Crippen molar-refractivity contribution in [3.05, 3.63) is 82.2 Å². The van der Waals surface area contributed by atoms with Gasteiger partial charge in [-0.1, -0.05) is 35.9 Å². The molecular formula is C29H25Cl2F4N3O3S. The fourth-order valence-electron chi connectivity index (χ4n) is 5.00. The summed E-state index contributed by atoms with van der Waals surface area (Å²) in [6.07, 6.45) is -1.64. The number of allylic oxidation sites excluding steroid dienone is 2. The van der Waals surface area contributed by atoms with Gasteiger partial charge in [-0.3, -0.25) is 4.79 Å². The van der Waals surface area contributed by atoms with Crippen LogP contribution in [0.1, 0.15) is 42.9 Å². The SMILES string of the molecule is Cl.NC(CC1CC=C(c2csc3c(OC(c4ccc(Cl)cc4-c4ccc(F)cc4)C(F)(F)F)ncnc23)CC1)C(=O)O. The first-order chi connectivity index (χ1) is 19.5. The first-order valence-corrected chi connectivity index (χ1v) is 14.0. The molecular weight excluding hydrogens is 617 g/mol. The van der Waals surface area contributed by atoms with Gasteiger partial charge in [-0.15, -0.1) is 23.7 Å². The highest BCUT2D eigenvalue weighted by molar-refractivity contribution is 7.17. The van der Waals surface area contributed by atoms with Gasteiger partial charge in [0.25, 0.3) is 0 Å². The summed E-state index contributed by atoms with van der Waals surface area (Å²) < 4.78 is 63.0. The minimum absolute atomic E-state index is 0. The van der Waals surface area contributed by atoms with Gasteiger partial charge in [-0.2, -0.15) is 13.2 Å². The van der Waals surface area contributed by atoms with E-state index in [9.17, 15) is 22.4 Å². The number of aliphatic carboxylic acids is 1. The number of alkyl halides is 3. The first-order valence-electron chi connectivity index (χ1n) is 12.7. The van der Waals surface area contributed by atoms with E-state index in [-0.39, 0.29) is 40.4 Å². The molecule has 0 saturated heterocycles. The molecule has 3 N–H and O–H groups in total. The highest BCUT2D eigenvalue weighted by atomic mass is 35.5. The minimum atomic E-state index is -4.82. The number of halogens is 6. The highest BCUT2D eigenvalue weighted by Gasteiger charge is 2.45. The van der Waals surface area contributed by atoms with Gasteiger partial charge in [0.1, 0.15) is 22.9 Å². The summed E-state index contributed by atoms with van der Waals surface area (Å²) in [5, 5.41) is 11.1. The fourth-order valence-corrected chi connectivity index (χ4v) is 6.15. The van der Waals surface area contributed by atoms with E-state index in [4.69, 9.17) is 27.2 Å². The smallest absolute Gasteiger partial charge is 0.429 e. The Morgan fingerprint density at radius 3 is 2.55 bits per heavy atom. The molecule has 0 saturated carbocycles. The van der Waals surface area contributed by atoms with Gasteiger partial charge < -0.3 is 15.6 Å². The van der Waals surface area contributed by atoms with Gasteiger partial charge in [0.2, 0.25) is 12.0 Å². The van der Waals surface area contributed by atoms with Gasteiger partial charge in [0.05, 0.1) is 5.52 Å². The molecule has 42 heavy (non-hydrogen) atoms. The van der Waals surface area contributed by atoms with Crippen LogP contribution in [0.5, 0.6) is 5.88 Å². The van der Waals surface area contributed by atoms with Crippen molar-refractivity contribution >= 4 is 57.1 Å². The van der Waals surface area contributed by atoms with Gasteiger partial charge >= 0.3 is 12.1 Å². The predicted molar refractivity (Wildman–Crippen MR) is 156 cm³/mol. The van der Waals surface area contributed by atoms with Crippen molar-refractivity contribution < 1.29 is 32.2 Å². The molecule has 0 amide bonds. The van der Waals surface area contributed by atoms with Crippen LogP contribution in [0.4, 0.5) is 17.6 Å². The Balaban J connectivity index is 0.00000405. The van der Waals surface area contributed by atoms with Crippen molar-refractivity contribution in [1.82, 2.24) is 9.97 Å². The summed E-state index contributed by atoms with van der Waals surface area (Å²) in [7, 11) is 0. The van der Waals surface area contributed by atoms with E-state index in [1.165, 1.54) is 48.0 Å². The van der Waals surface area contributed by atoms with Gasteiger partial charge in [-0.25, -0.2) is 14.4 Å². The lowest BCUT2D eigenvalue weighted by Crippen LogP contribution is -2.32. The van der Waals surface area contributed by atoms with Crippen LogP contribution in [-0.2, 0) is 4.79 Å². The molecule has 0 aliphatic heterocycles. The molecule has 6 nitrogen and oxygen atoms in total. The van der Waals surface area contributed by atoms with Crippen LogP contribution in [0.15, 0.2) is 60.2 Å². The number of benzene rings is 2. The first kappa shape index (κ1) is 31.7. The van der Waals surface area contributed by atoms with Crippen LogP contribution in [-0.4, -0.2) is 33.3 Å². The van der Waals surface area contributed by atoms with Crippen molar-refractivity contribution in [3.8, 4) is 17.0 Å². The average Bonchev–Trinajstić information content (AvgIpc) is 3.37. The molecule has 0 fully saturated rings. The number of ether oxygens (including phenoxy) is 1. The zero-order chi connectivity index (χ0) is 29.3. The number of carboxylic acid groups (broad SMARTS) is 1. The Hall–Kier alpha value is -3.25. The summed E-state index contributed by atoms with van der Waals surface area (Å²) in [5.41, 5.74) is 8.22. The molecule has 2 aromatic heterocycles. The molecule has 0 spiro atoms. The normalized spacial score (nSPS) is 16.8. The Morgan fingerprint density at radius 2 is 1.90 bits per heavy atom. The number of carboxylic acids is 1. The summed E-state index contributed by atoms with van der Waals surface area (Å²) in [6.45, 7) is 0. The standard InChI is InChI=1S/C29H24ClF4N3O3S.ClH/c30-18-7-10-20(21(12-18)16-5-8-19(31)9-6-16)26(29(32,33)34)40-27-25-24(36-14-37-27)22(13-41-25)17-3-1-15(2-4-17)11-23(35)28(38)39;/h3,5-10,12-15,23,26H,1-2,4,11,35H2,(H,38,39);1H. The zero-order valence-electron chi connectivity index (χ0n) is 21.8. The fraction of sp³-hybridized carbons (Fsp3) is 0.276. The van der Waals surface area contributed by atoms with E-state index in [0.717, 1.165) is 29.7 Å². The maximum Gasteiger partial charge on any atom is 0.429 e. The summed E-state index contributed by atoms with van der Waals surface area (Å²) >= 11 is 7.31. The third-order valence-electron chi connectivity index (χ3n) is 7.07. The average molecular weight is 643 g/mol. The molecule has 222 valence electrons. The van der Waals surface area contributed by atoms with Crippen molar-refractivity contribution in [2.24, 2.45) is 11.7 Å². The summed E-state index contributed by atoms with van der Waals surface area (Å²) in [5.74, 6) is -1.64. The predicted octanol–water partition coefficient (Wildman–Crippen LogP) is 8.24. The molecule has 3 unspecified atom stereocenters. The van der Waals surface area contributed by atoms with E-state index in [0.29, 0.717) is 35.0 Å². The highest BCUT2D eigenvalue weighted by Crippen LogP contribution is 2.45. The number of nitrogens with zero attached hydrogens (tertiary/aromatic N) is 2. The molecule has 3 atom stereocenters. The van der Waals surface area contributed by atoms with Gasteiger partial charge in [-0.05, 0) is 72.6 Å². The molecule has 1 aliphatic carbocycles.